The van der Waals surface area contributed by atoms with Crippen molar-refractivity contribution in [2.24, 2.45) is 0 Å². The van der Waals surface area contributed by atoms with E-state index in [1.807, 2.05) is 30.9 Å². The molecule has 1 amide bonds. The van der Waals surface area contributed by atoms with Crippen LogP contribution in [0.25, 0.3) is 0 Å². The van der Waals surface area contributed by atoms with E-state index in [1.165, 1.54) is 7.11 Å². The van der Waals surface area contributed by atoms with Gasteiger partial charge in [0, 0.05) is 42.4 Å². The van der Waals surface area contributed by atoms with Crippen molar-refractivity contribution in [1.82, 2.24) is 10.2 Å². The Labute approximate surface area is 130 Å². The van der Waals surface area contributed by atoms with Crippen molar-refractivity contribution < 1.29 is 14.3 Å². The number of rotatable bonds is 9. The van der Waals surface area contributed by atoms with Crippen molar-refractivity contribution in [2.45, 2.75) is 33.2 Å². The van der Waals surface area contributed by atoms with Crippen molar-refractivity contribution in [3.63, 3.8) is 0 Å². The third kappa shape index (κ3) is 6.27. The van der Waals surface area contributed by atoms with Crippen LogP contribution in [-0.2, 0) is 27.3 Å². The van der Waals surface area contributed by atoms with Gasteiger partial charge < -0.3 is 15.0 Å². The Morgan fingerprint density at radius 2 is 1.90 bits per heavy atom. The molecule has 1 heterocycles. The van der Waals surface area contributed by atoms with Gasteiger partial charge in [-0.25, -0.2) is 0 Å². The number of amides is 1. The average Bonchev–Trinajstić information content (AvgIpc) is 2.92. The number of hydrogen-bond acceptors (Lipinski definition) is 5. The summed E-state index contributed by atoms with van der Waals surface area (Å²) in [5, 5.41) is 3.26. The first kappa shape index (κ1) is 17.7. The fourth-order valence-corrected chi connectivity index (χ4v) is 2.94. The molecule has 0 bridgehead atoms. The zero-order valence-corrected chi connectivity index (χ0v) is 13.8. The highest BCUT2D eigenvalue weighted by atomic mass is 32.1. The molecule has 0 aliphatic carbocycles. The highest BCUT2D eigenvalue weighted by Crippen LogP contribution is 2.17. The first-order chi connectivity index (χ1) is 10.1. The number of ether oxygens (including phenoxy) is 1. The lowest BCUT2D eigenvalue weighted by molar-refractivity contribution is -0.139. The van der Waals surface area contributed by atoms with Crippen LogP contribution in [0, 0.1) is 0 Å². The van der Waals surface area contributed by atoms with E-state index in [1.54, 1.807) is 11.3 Å². The summed E-state index contributed by atoms with van der Waals surface area (Å²) in [6.07, 6.45) is 0.837. The third-order valence-corrected chi connectivity index (χ3v) is 4.28. The molecule has 1 N–H and O–H groups in total. The van der Waals surface area contributed by atoms with Crippen LogP contribution in [-0.4, -0.2) is 43.5 Å². The van der Waals surface area contributed by atoms with E-state index in [0.29, 0.717) is 19.4 Å². The van der Waals surface area contributed by atoms with Crippen molar-refractivity contribution in [2.75, 3.05) is 26.7 Å². The normalized spacial score (nSPS) is 10.4. The molecule has 0 fully saturated rings. The Morgan fingerprint density at radius 1 is 1.24 bits per heavy atom. The Balaban J connectivity index is 2.27. The molecule has 6 heteroatoms. The largest absolute Gasteiger partial charge is 0.469 e. The van der Waals surface area contributed by atoms with E-state index >= 15 is 0 Å². The molecule has 5 nitrogen and oxygen atoms in total. The number of nitrogens with one attached hydrogen (secondary N) is 1. The fourth-order valence-electron chi connectivity index (χ4n) is 1.97. The van der Waals surface area contributed by atoms with E-state index in [2.05, 4.69) is 10.1 Å². The van der Waals surface area contributed by atoms with Crippen LogP contribution in [0.1, 0.15) is 30.0 Å². The van der Waals surface area contributed by atoms with Gasteiger partial charge in [-0.05, 0) is 26.0 Å². The van der Waals surface area contributed by atoms with Crippen LogP contribution in [0.3, 0.4) is 0 Å². The summed E-state index contributed by atoms with van der Waals surface area (Å²) in [5.74, 6) is -0.0359. The van der Waals surface area contributed by atoms with Crippen molar-refractivity contribution >= 4 is 23.2 Å². The summed E-state index contributed by atoms with van der Waals surface area (Å²) in [6.45, 7) is 6.89. The minimum Gasteiger partial charge on any atom is -0.469 e. The highest BCUT2D eigenvalue weighted by Gasteiger charge is 2.09. The Bertz CT molecular complexity index is 456. The summed E-state index contributed by atoms with van der Waals surface area (Å²) in [6, 6.07) is 3.95. The third-order valence-electron chi connectivity index (χ3n) is 3.19. The maximum atomic E-state index is 11.8. The van der Waals surface area contributed by atoms with E-state index in [9.17, 15) is 9.59 Å². The Kier molecular flexibility index (Phi) is 8.00. The van der Waals surface area contributed by atoms with Gasteiger partial charge in [-0.15, -0.1) is 11.3 Å². The molecule has 0 unspecified atom stereocenters. The van der Waals surface area contributed by atoms with Gasteiger partial charge >= 0.3 is 5.97 Å². The molecule has 1 rings (SSSR count). The molecule has 1 aromatic rings. The van der Waals surface area contributed by atoms with Gasteiger partial charge in [0.1, 0.15) is 0 Å². The molecular formula is C15H24N2O3S. The standard InChI is InChI=1S/C15H24N2O3S/c1-4-17(5-2)14(18)8-9-16-11-13-7-6-12(21-13)10-15(19)20-3/h6-7,16H,4-5,8-11H2,1-3H3. The lowest BCUT2D eigenvalue weighted by Gasteiger charge is -2.18. The number of carbonyl (C=O) groups excluding carboxylic acids is 2. The van der Waals surface area contributed by atoms with Crippen molar-refractivity contribution in [1.29, 1.82) is 0 Å². The predicted octanol–water partition coefficient (Wildman–Crippen LogP) is 1.81. The minimum atomic E-state index is -0.221. The van der Waals surface area contributed by atoms with Gasteiger partial charge in [0.25, 0.3) is 0 Å². The van der Waals surface area contributed by atoms with Gasteiger partial charge in [-0.1, -0.05) is 0 Å². The smallest absolute Gasteiger partial charge is 0.310 e. The molecule has 0 spiro atoms. The van der Waals surface area contributed by atoms with Crippen LogP contribution >= 0.6 is 11.3 Å². The number of hydrogen-bond donors (Lipinski definition) is 1. The highest BCUT2D eigenvalue weighted by molar-refractivity contribution is 7.12. The predicted molar refractivity (Wildman–Crippen MR) is 84.3 cm³/mol. The zero-order chi connectivity index (χ0) is 15.7. The number of carbonyl (C=O) groups is 2. The molecule has 0 radical (unpaired) electrons. The summed E-state index contributed by atoms with van der Waals surface area (Å²) in [4.78, 5) is 27.0. The van der Waals surface area contributed by atoms with Crippen LogP contribution in [0.15, 0.2) is 12.1 Å². The van der Waals surface area contributed by atoms with Crippen LogP contribution in [0.5, 0.6) is 0 Å². The van der Waals surface area contributed by atoms with E-state index < -0.39 is 0 Å². The second kappa shape index (κ2) is 9.52. The van der Waals surface area contributed by atoms with Gasteiger partial charge in [0.2, 0.25) is 5.91 Å². The van der Waals surface area contributed by atoms with E-state index in [-0.39, 0.29) is 11.9 Å². The summed E-state index contributed by atoms with van der Waals surface area (Å²) in [5.41, 5.74) is 0. The van der Waals surface area contributed by atoms with E-state index in [4.69, 9.17) is 0 Å². The summed E-state index contributed by atoms with van der Waals surface area (Å²) >= 11 is 1.59. The van der Waals surface area contributed by atoms with Crippen LogP contribution < -0.4 is 5.32 Å². The lowest BCUT2D eigenvalue weighted by Crippen LogP contribution is -2.32. The number of thiophene rings is 1. The molecule has 118 valence electrons. The SMILES string of the molecule is CCN(CC)C(=O)CCNCc1ccc(CC(=O)OC)s1. The first-order valence-corrected chi connectivity index (χ1v) is 8.05. The monoisotopic (exact) mass is 312 g/mol. The second-order valence-electron chi connectivity index (χ2n) is 4.61. The molecule has 0 aliphatic heterocycles. The fraction of sp³-hybridized carbons (Fsp3) is 0.600. The lowest BCUT2D eigenvalue weighted by atomic mass is 10.3. The molecule has 0 atom stereocenters. The van der Waals surface area contributed by atoms with Crippen molar-refractivity contribution in [3.8, 4) is 0 Å². The Morgan fingerprint density at radius 3 is 2.52 bits per heavy atom. The molecule has 1 aromatic heterocycles. The van der Waals surface area contributed by atoms with Gasteiger partial charge in [-0.3, -0.25) is 9.59 Å². The quantitative estimate of drug-likeness (QED) is 0.558. The number of esters is 1. The number of nitrogens with zero attached hydrogens (tertiary/aromatic N) is 1. The summed E-state index contributed by atoms with van der Waals surface area (Å²) < 4.78 is 4.64. The molecule has 0 aromatic carbocycles. The average molecular weight is 312 g/mol. The van der Waals surface area contributed by atoms with Gasteiger partial charge in [0.15, 0.2) is 0 Å². The molecule has 0 saturated heterocycles. The topological polar surface area (TPSA) is 58.6 Å². The maximum absolute atomic E-state index is 11.8. The van der Waals surface area contributed by atoms with Crippen molar-refractivity contribution in [3.05, 3.63) is 21.9 Å². The van der Waals surface area contributed by atoms with Crippen LogP contribution in [0.2, 0.25) is 0 Å². The molecule has 0 aliphatic rings. The van der Waals surface area contributed by atoms with Gasteiger partial charge in [-0.2, -0.15) is 0 Å². The molecular weight excluding hydrogens is 288 g/mol. The summed E-state index contributed by atoms with van der Waals surface area (Å²) in [7, 11) is 1.39. The number of methoxy groups -OCH3 is 1. The second-order valence-corrected chi connectivity index (χ2v) is 5.87. The minimum absolute atomic E-state index is 0.185. The van der Waals surface area contributed by atoms with Gasteiger partial charge in [0.05, 0.1) is 13.5 Å². The zero-order valence-electron chi connectivity index (χ0n) is 13.0. The first-order valence-electron chi connectivity index (χ1n) is 7.23. The van der Waals surface area contributed by atoms with Crippen LogP contribution in [0.4, 0.5) is 0 Å². The molecule has 0 saturated carbocycles. The maximum Gasteiger partial charge on any atom is 0.310 e. The van der Waals surface area contributed by atoms with E-state index in [0.717, 1.165) is 29.4 Å². The Hall–Kier alpha value is -1.40. The molecule has 21 heavy (non-hydrogen) atoms.